The van der Waals surface area contributed by atoms with Crippen LogP contribution in [0.1, 0.15) is 49.4 Å². The lowest BCUT2D eigenvalue weighted by atomic mass is 9.84. The van der Waals surface area contributed by atoms with Crippen molar-refractivity contribution in [2.45, 2.75) is 56.0 Å². The predicted octanol–water partition coefficient (Wildman–Crippen LogP) is 2.34. The van der Waals surface area contributed by atoms with E-state index in [4.69, 9.17) is 0 Å². The third-order valence-corrected chi connectivity index (χ3v) is 7.20. The van der Waals surface area contributed by atoms with E-state index in [-0.39, 0.29) is 28.5 Å². The van der Waals surface area contributed by atoms with Crippen LogP contribution in [0.3, 0.4) is 0 Å². The summed E-state index contributed by atoms with van der Waals surface area (Å²) >= 11 is 0. The van der Waals surface area contributed by atoms with Gasteiger partial charge in [-0.25, -0.2) is 13.2 Å². The number of sulfone groups is 1. The molecule has 0 radical (unpaired) electrons. The number of carbonyl (C=O) groups excluding carboxylic acids is 1. The van der Waals surface area contributed by atoms with Crippen LogP contribution in [-0.4, -0.2) is 48.1 Å². The molecule has 1 saturated carbocycles. The van der Waals surface area contributed by atoms with Crippen LogP contribution in [-0.2, 0) is 14.6 Å². The third-order valence-electron chi connectivity index (χ3n) is 5.45. The number of nitrogens with zero attached hydrogens (tertiary/aromatic N) is 1. The molecular weight excluding hydrogens is 342 g/mol. The number of amides is 1. The third kappa shape index (κ3) is 3.29. The van der Waals surface area contributed by atoms with Crippen molar-refractivity contribution in [1.82, 2.24) is 4.90 Å². The van der Waals surface area contributed by atoms with E-state index < -0.39 is 21.8 Å². The Bertz CT molecular complexity index is 771. The van der Waals surface area contributed by atoms with Gasteiger partial charge in [-0.15, -0.1) is 0 Å². The number of carbonyl (C=O) groups is 2. The first-order valence-corrected chi connectivity index (χ1v) is 10.4. The monoisotopic (exact) mass is 365 g/mol. The van der Waals surface area contributed by atoms with Crippen LogP contribution in [0.15, 0.2) is 29.2 Å². The van der Waals surface area contributed by atoms with E-state index in [9.17, 15) is 23.1 Å². The number of carboxylic acid groups (broad SMARTS) is 1. The number of aliphatic carboxylic acids is 1. The van der Waals surface area contributed by atoms with Gasteiger partial charge in [0.1, 0.15) is 6.04 Å². The zero-order valence-corrected chi connectivity index (χ0v) is 15.0. The Morgan fingerprint density at radius 2 is 1.80 bits per heavy atom. The lowest BCUT2D eigenvalue weighted by Crippen LogP contribution is -2.46. The summed E-state index contributed by atoms with van der Waals surface area (Å²) in [4.78, 5) is 26.3. The molecule has 1 amide bonds. The number of fused-ring (bicyclic) bond motifs is 1. The summed E-state index contributed by atoms with van der Waals surface area (Å²) in [5.41, 5.74) is 0.340. The van der Waals surface area contributed by atoms with E-state index in [2.05, 4.69) is 0 Å². The highest BCUT2D eigenvalue weighted by Crippen LogP contribution is 2.40. The van der Waals surface area contributed by atoms with E-state index in [0.29, 0.717) is 12.0 Å². The standard InChI is InChI=1S/C18H23NO5S/c1-2-25(23,24)14-9-7-12(8-10-14)17(20)19-15-6-4-3-5-13(15)11-16(19)18(21)22/h7-10,13,15-16H,2-6,11H2,1H3,(H,21,22)/t13-,15-,16-/m0/s1. The zero-order chi connectivity index (χ0) is 18.2. The number of rotatable bonds is 4. The Labute approximate surface area is 147 Å². The van der Waals surface area contributed by atoms with E-state index in [0.717, 1.165) is 25.7 Å². The van der Waals surface area contributed by atoms with Crippen LogP contribution < -0.4 is 0 Å². The number of benzene rings is 1. The lowest BCUT2D eigenvalue weighted by Gasteiger charge is -2.33. The van der Waals surface area contributed by atoms with Crippen LogP contribution in [0.4, 0.5) is 0 Å². The second-order valence-electron chi connectivity index (χ2n) is 6.84. The molecule has 1 heterocycles. The molecule has 7 heteroatoms. The lowest BCUT2D eigenvalue weighted by molar-refractivity contribution is -0.141. The highest BCUT2D eigenvalue weighted by atomic mass is 32.2. The van der Waals surface area contributed by atoms with Gasteiger partial charge in [0, 0.05) is 11.6 Å². The van der Waals surface area contributed by atoms with Gasteiger partial charge in [0.05, 0.1) is 10.6 Å². The Hall–Kier alpha value is -1.89. The summed E-state index contributed by atoms with van der Waals surface area (Å²) in [6, 6.07) is 5.01. The molecule has 2 aliphatic rings. The van der Waals surface area contributed by atoms with E-state index in [1.54, 1.807) is 6.92 Å². The van der Waals surface area contributed by atoms with Crippen LogP contribution in [0.25, 0.3) is 0 Å². The zero-order valence-electron chi connectivity index (χ0n) is 14.2. The first-order valence-electron chi connectivity index (χ1n) is 8.73. The summed E-state index contributed by atoms with van der Waals surface area (Å²) < 4.78 is 23.8. The predicted molar refractivity (Wildman–Crippen MR) is 92.1 cm³/mol. The fraction of sp³-hybridized carbons (Fsp3) is 0.556. The molecule has 0 bridgehead atoms. The molecule has 0 aromatic heterocycles. The van der Waals surface area contributed by atoms with Gasteiger partial charge >= 0.3 is 5.97 Å². The fourth-order valence-electron chi connectivity index (χ4n) is 4.09. The van der Waals surface area contributed by atoms with Gasteiger partial charge in [-0.05, 0) is 49.4 Å². The number of hydrogen-bond acceptors (Lipinski definition) is 4. The van der Waals surface area contributed by atoms with Gasteiger partial charge in [-0.1, -0.05) is 19.8 Å². The van der Waals surface area contributed by atoms with E-state index in [1.807, 2.05) is 0 Å². The smallest absolute Gasteiger partial charge is 0.326 e. The normalized spacial score (nSPS) is 26.3. The minimum atomic E-state index is -3.32. The Balaban J connectivity index is 1.89. The van der Waals surface area contributed by atoms with Crippen molar-refractivity contribution >= 4 is 21.7 Å². The van der Waals surface area contributed by atoms with Crippen molar-refractivity contribution < 1.29 is 23.1 Å². The molecule has 1 aromatic rings. The minimum absolute atomic E-state index is 0.00272. The van der Waals surface area contributed by atoms with Gasteiger partial charge in [0.25, 0.3) is 5.91 Å². The Kier molecular flexibility index (Phi) is 4.86. The molecule has 1 N–H and O–H groups in total. The van der Waals surface area contributed by atoms with Crippen molar-refractivity contribution in [3.05, 3.63) is 29.8 Å². The highest BCUT2D eigenvalue weighted by Gasteiger charge is 2.47. The molecular formula is C18H23NO5S. The molecule has 6 nitrogen and oxygen atoms in total. The second-order valence-corrected chi connectivity index (χ2v) is 9.12. The maximum absolute atomic E-state index is 13.0. The SMILES string of the molecule is CCS(=O)(=O)c1ccc(C(=O)N2[C@H](C(=O)O)C[C@@H]3CCCC[C@@H]32)cc1. The quantitative estimate of drug-likeness (QED) is 0.884. The molecule has 1 saturated heterocycles. The number of hydrogen-bond donors (Lipinski definition) is 1. The van der Waals surface area contributed by atoms with Crippen molar-refractivity contribution in [2.24, 2.45) is 5.92 Å². The maximum atomic E-state index is 13.0. The van der Waals surface area contributed by atoms with Crippen LogP contribution in [0.2, 0.25) is 0 Å². The molecule has 1 aliphatic heterocycles. The van der Waals surface area contributed by atoms with Crippen LogP contribution in [0.5, 0.6) is 0 Å². The van der Waals surface area contributed by atoms with Crippen molar-refractivity contribution in [2.75, 3.05) is 5.75 Å². The molecule has 1 aromatic carbocycles. The molecule has 0 spiro atoms. The topological polar surface area (TPSA) is 91.8 Å². The maximum Gasteiger partial charge on any atom is 0.326 e. The van der Waals surface area contributed by atoms with E-state index >= 15 is 0 Å². The van der Waals surface area contributed by atoms with Gasteiger partial charge in [-0.2, -0.15) is 0 Å². The van der Waals surface area contributed by atoms with Gasteiger partial charge < -0.3 is 10.0 Å². The minimum Gasteiger partial charge on any atom is -0.480 e. The average molecular weight is 365 g/mol. The molecule has 25 heavy (non-hydrogen) atoms. The number of likely N-dealkylation sites (tertiary alicyclic amines) is 1. The van der Waals surface area contributed by atoms with Crippen molar-refractivity contribution in [3.63, 3.8) is 0 Å². The summed E-state index contributed by atoms with van der Waals surface area (Å²) in [5, 5.41) is 9.54. The second kappa shape index (κ2) is 6.78. The molecule has 2 fully saturated rings. The molecule has 3 atom stereocenters. The Morgan fingerprint density at radius 1 is 1.16 bits per heavy atom. The van der Waals surface area contributed by atoms with Crippen molar-refractivity contribution in [3.8, 4) is 0 Å². The van der Waals surface area contributed by atoms with Crippen LogP contribution in [0, 0.1) is 5.92 Å². The summed E-state index contributed by atoms with van der Waals surface area (Å²) in [7, 11) is -3.32. The first-order chi connectivity index (χ1) is 11.8. The summed E-state index contributed by atoms with van der Waals surface area (Å²) in [5.74, 6) is -1.04. The average Bonchev–Trinajstić information content (AvgIpc) is 3.01. The fourth-order valence-corrected chi connectivity index (χ4v) is 4.98. The highest BCUT2D eigenvalue weighted by molar-refractivity contribution is 7.91. The molecule has 3 rings (SSSR count). The van der Waals surface area contributed by atoms with Crippen LogP contribution >= 0.6 is 0 Å². The van der Waals surface area contributed by atoms with Gasteiger partial charge in [0.15, 0.2) is 9.84 Å². The van der Waals surface area contributed by atoms with E-state index in [1.165, 1.54) is 29.2 Å². The summed E-state index contributed by atoms with van der Waals surface area (Å²) in [6.07, 6.45) is 4.40. The van der Waals surface area contributed by atoms with Gasteiger partial charge in [-0.3, -0.25) is 4.79 Å². The largest absolute Gasteiger partial charge is 0.480 e. The van der Waals surface area contributed by atoms with Crippen molar-refractivity contribution in [1.29, 1.82) is 0 Å². The molecule has 0 unspecified atom stereocenters. The van der Waals surface area contributed by atoms with Gasteiger partial charge in [0.2, 0.25) is 0 Å². The first kappa shape index (κ1) is 17.9. The molecule has 136 valence electrons. The Morgan fingerprint density at radius 3 is 2.40 bits per heavy atom. The molecule has 1 aliphatic carbocycles. The summed E-state index contributed by atoms with van der Waals surface area (Å²) in [6.45, 7) is 1.57. The number of carboxylic acids is 1.